The second-order valence-corrected chi connectivity index (χ2v) is 33.1. The Kier molecular flexibility index (Phi) is 29.8. The molecule has 0 aromatic heterocycles. The molecule has 77 heteroatoms. The van der Waals surface area contributed by atoms with E-state index in [4.69, 9.17) is 33.2 Å². The fourth-order valence-corrected chi connectivity index (χ4v) is 14.6. The highest BCUT2D eigenvalue weighted by Crippen LogP contribution is 2.42. The summed E-state index contributed by atoms with van der Waals surface area (Å²) in [5.41, 5.74) is 0. The van der Waals surface area contributed by atoms with Crippen molar-refractivity contribution in [3.8, 4) is 0 Å². The Morgan fingerprint density at radius 1 is 0.178 bits per heavy atom. The van der Waals surface area contributed by atoms with Crippen molar-refractivity contribution < 1.29 is 273 Å². The molecule has 14 N–H and O–H groups in total. The van der Waals surface area contributed by atoms with Crippen molar-refractivity contribution >= 4 is 146 Å². The Balaban J connectivity index is 2.27. The molecule has 4 heterocycles. The summed E-state index contributed by atoms with van der Waals surface area (Å²) in [4.78, 5) is 0. The van der Waals surface area contributed by atoms with Crippen LogP contribution in [0.5, 0.6) is 0 Å². The van der Waals surface area contributed by atoms with E-state index in [2.05, 4.69) is 58.6 Å². The zero-order chi connectivity index (χ0) is 78.2. The Bertz CT molecular complexity index is 4610. The minimum atomic E-state index is -6.87. The molecule has 101 heavy (non-hydrogen) atoms. The van der Waals surface area contributed by atoms with Gasteiger partial charge in [-0.3, -0.25) is 63.7 Å². The van der Waals surface area contributed by atoms with E-state index in [0.29, 0.717) is 0 Å². The molecule has 63 nitrogen and oxygen atoms in total. The fourth-order valence-electron chi connectivity index (χ4n) is 8.35. The van der Waals surface area contributed by atoms with E-state index in [-0.39, 0.29) is 0 Å². The molecule has 0 saturated carbocycles. The summed E-state index contributed by atoms with van der Waals surface area (Å²) in [6.07, 6.45) is -74.8. The largest absolute Gasteiger partial charge is 0.397 e. The van der Waals surface area contributed by atoms with E-state index in [1.807, 2.05) is 0 Å². The number of rotatable bonds is 38. The van der Waals surface area contributed by atoms with Crippen molar-refractivity contribution in [1.29, 1.82) is 0 Å². The van der Waals surface area contributed by atoms with Crippen LogP contribution < -0.4 is 0 Å². The molecule has 4 aliphatic heterocycles. The molecule has 0 radical (unpaired) electrons. The Morgan fingerprint density at radius 2 is 0.327 bits per heavy atom. The van der Waals surface area contributed by atoms with Crippen LogP contribution in [0.15, 0.2) is 0 Å². The van der Waals surface area contributed by atoms with E-state index in [0.717, 1.165) is 0 Å². The molecule has 4 saturated heterocycles. The zero-order valence-electron chi connectivity index (χ0n) is 46.4. The lowest BCUT2D eigenvalue weighted by Gasteiger charge is -2.50. The molecule has 20 unspecified atom stereocenters. The van der Waals surface area contributed by atoms with Crippen LogP contribution in [-0.2, 0) is 237 Å². The molecular weight excluding hydrogens is 1750 g/mol. The SMILES string of the molecule is O=S(=O)(O)OCC1OC(OC2C(COS(=O)(=O)O)OC(OC3OC(COS(=O)(=O)O)C(OS(=O)(=O)O)C(OS(=O)(=O)O)C3OS(=O)(=O)O)C(OS(=O)(=O)O)C2OS(=O)(=O)O)C(OC2OC(COS(=O)(=O)O)C(OS(=O)(=O)O)C(OS(=O)(=O)O)C2OS(=O)(=O)O)C(OS(=O)(=O)O)C1OS(=O)(=O)O. The molecule has 4 aliphatic rings. The molecule has 0 aromatic carbocycles. The topological polar surface area (TPSA) is 955 Å². The van der Waals surface area contributed by atoms with Crippen LogP contribution >= 0.6 is 0 Å². The Hall–Kier alpha value is -2.10. The van der Waals surface area contributed by atoms with Crippen LogP contribution in [0.1, 0.15) is 0 Å². The minimum Gasteiger partial charge on any atom is -0.341 e. The summed E-state index contributed by atoms with van der Waals surface area (Å²) in [6.45, 7) is -9.35. The first kappa shape index (κ1) is 91.3. The first-order valence-electron chi connectivity index (χ1n) is 23.3. The molecular formula is C24H42O63S14. The van der Waals surface area contributed by atoms with Crippen molar-refractivity contribution in [3.05, 3.63) is 0 Å². The Morgan fingerprint density at radius 3 is 0.535 bits per heavy atom. The molecule has 600 valence electrons. The predicted molar refractivity (Wildman–Crippen MR) is 280 cm³/mol. The van der Waals surface area contributed by atoms with E-state index in [1.54, 1.807) is 0 Å². The zero-order valence-corrected chi connectivity index (χ0v) is 57.8. The highest BCUT2D eigenvalue weighted by atomic mass is 32.3. The maximum Gasteiger partial charge on any atom is 0.397 e. The molecule has 0 amide bonds. The van der Waals surface area contributed by atoms with Crippen molar-refractivity contribution in [2.24, 2.45) is 0 Å². The number of ether oxygens (including phenoxy) is 7. The highest BCUT2D eigenvalue weighted by molar-refractivity contribution is 7.84. The molecule has 0 aromatic rings. The third kappa shape index (κ3) is 33.5. The van der Waals surface area contributed by atoms with E-state index < -0.39 is 295 Å². The maximum atomic E-state index is 12.9. The molecule has 4 fully saturated rings. The van der Waals surface area contributed by atoms with Crippen LogP contribution in [0, 0.1) is 0 Å². The van der Waals surface area contributed by atoms with Crippen LogP contribution in [0.3, 0.4) is 0 Å². The first-order chi connectivity index (χ1) is 44.7. The summed E-state index contributed by atoms with van der Waals surface area (Å²) in [7, 11) is -90.8. The van der Waals surface area contributed by atoms with Crippen molar-refractivity contribution in [2.75, 3.05) is 26.4 Å². The second kappa shape index (κ2) is 33.0. The predicted octanol–water partition coefficient (Wildman–Crippen LogP) is -12.2. The summed E-state index contributed by atoms with van der Waals surface area (Å²) >= 11 is 0. The van der Waals surface area contributed by atoms with Crippen molar-refractivity contribution in [3.63, 3.8) is 0 Å². The van der Waals surface area contributed by atoms with Crippen LogP contribution in [0.25, 0.3) is 0 Å². The smallest absolute Gasteiger partial charge is 0.341 e. The second-order valence-electron chi connectivity index (χ2n) is 18.2. The first-order valence-corrected chi connectivity index (χ1v) is 42.4. The van der Waals surface area contributed by atoms with Gasteiger partial charge in [-0.05, 0) is 0 Å². The fraction of sp³-hybridized carbons (Fsp3) is 1.00. The average molecular weight is 1790 g/mol. The van der Waals surface area contributed by atoms with Crippen LogP contribution in [0.4, 0.5) is 0 Å². The quantitative estimate of drug-likeness (QED) is 0.0255. The van der Waals surface area contributed by atoms with Gasteiger partial charge in [-0.15, -0.1) is 0 Å². The van der Waals surface area contributed by atoms with E-state index in [9.17, 15) is 182 Å². The highest BCUT2D eigenvalue weighted by Gasteiger charge is 2.63. The summed E-state index contributed by atoms with van der Waals surface area (Å²) in [5.74, 6) is 0. The van der Waals surface area contributed by atoms with Gasteiger partial charge < -0.3 is 33.2 Å². The van der Waals surface area contributed by atoms with Crippen molar-refractivity contribution in [2.45, 2.75) is 123 Å². The molecule has 0 spiro atoms. The van der Waals surface area contributed by atoms with Crippen LogP contribution in [0.2, 0.25) is 0 Å². The monoisotopic (exact) mass is 1790 g/mol. The van der Waals surface area contributed by atoms with Crippen molar-refractivity contribution in [1.82, 2.24) is 0 Å². The van der Waals surface area contributed by atoms with Gasteiger partial charge in [0.15, 0.2) is 43.5 Å². The normalized spacial score (nSPS) is 32.5. The molecule has 4 rings (SSSR count). The van der Waals surface area contributed by atoms with Gasteiger partial charge in [0.1, 0.15) is 79.4 Å². The van der Waals surface area contributed by atoms with Gasteiger partial charge in [0.25, 0.3) is 0 Å². The molecule has 0 aliphatic carbocycles. The van der Waals surface area contributed by atoms with E-state index >= 15 is 0 Å². The average Bonchev–Trinajstić information content (AvgIpc) is 0.758. The third-order valence-electron chi connectivity index (χ3n) is 11.1. The van der Waals surface area contributed by atoms with Gasteiger partial charge in [0.05, 0.1) is 26.4 Å². The van der Waals surface area contributed by atoms with Gasteiger partial charge in [-0.1, -0.05) is 0 Å². The van der Waals surface area contributed by atoms with Gasteiger partial charge in [-0.2, -0.15) is 118 Å². The van der Waals surface area contributed by atoms with Gasteiger partial charge >= 0.3 is 146 Å². The third-order valence-corrected chi connectivity index (χ3v) is 17.5. The lowest BCUT2D eigenvalue weighted by molar-refractivity contribution is -0.393. The molecule has 20 atom stereocenters. The van der Waals surface area contributed by atoms with Gasteiger partial charge in [0.2, 0.25) is 0 Å². The van der Waals surface area contributed by atoms with Gasteiger partial charge in [0, 0.05) is 0 Å². The maximum absolute atomic E-state index is 12.9. The lowest BCUT2D eigenvalue weighted by Crippen LogP contribution is -2.69. The lowest BCUT2D eigenvalue weighted by atomic mass is 9.96. The summed E-state index contributed by atoms with van der Waals surface area (Å²) in [5, 5.41) is 0. The number of hydrogen-bond donors (Lipinski definition) is 14. The number of hydrogen-bond acceptors (Lipinski definition) is 49. The van der Waals surface area contributed by atoms with E-state index in [1.165, 1.54) is 0 Å². The summed E-state index contributed by atoms with van der Waals surface area (Å²) in [6, 6.07) is 0. The summed E-state index contributed by atoms with van der Waals surface area (Å²) < 4.78 is 574. The minimum absolute atomic E-state index is 2.21. The Labute approximate surface area is 564 Å². The van der Waals surface area contributed by atoms with Gasteiger partial charge in [-0.25, -0.2) is 58.6 Å². The van der Waals surface area contributed by atoms with Crippen LogP contribution in [-0.4, -0.2) is 331 Å². The standard InChI is InChI=1S/C24H42O63S14/c25-88(26,27)67-1-5-9(13(81-95(46,47)48)18(85-99(58,59)60)23(71-5)77-24-20(87-101(64,65)66)16(84-98(55,56)57)12(80-94(43,44)45)8(74-24)4-70-91(34,35)36)75-21-17(14(82-96(49,50)51)10(78-92(37,38)39)6(72-21)2-68-89(28,29)30)76-22-19(86-100(61,62)63)15(83-97(52,53)54)11(79-93(40,41)42)7(73-22)3-69-90(31,32)33/h5-24H,1-4H2,(H,25,26,27)(H,28,29,30)(H,31,32,33)(H,34,35,36)(H,37,38,39)(H,40,41,42)(H,43,44,45)(H,46,47,48)(H,49,50,51)(H,52,53,54)(H,55,56,57)(H,58,59,60)(H,61,62,63)(H,64,65,66). The molecule has 0 bridgehead atoms.